The molecule has 0 aliphatic carbocycles. The number of rotatable bonds is 11. The lowest BCUT2D eigenvalue weighted by molar-refractivity contribution is -0.190. The maximum atomic E-state index is 14.3. The van der Waals surface area contributed by atoms with Gasteiger partial charge in [0, 0.05) is 62.6 Å². The maximum Gasteiger partial charge on any atom is 0.343 e. The van der Waals surface area contributed by atoms with E-state index in [4.69, 9.17) is 37.4 Å². The number of urea groups is 1. The fourth-order valence-electron chi connectivity index (χ4n) is 8.92. The number of carbonyl (C=O) groups is 4. The second-order valence-electron chi connectivity index (χ2n) is 15.0. The van der Waals surface area contributed by atoms with Crippen LogP contribution in [0.3, 0.4) is 0 Å². The number of amides is 4. The molecule has 0 spiro atoms. The van der Waals surface area contributed by atoms with Crippen LogP contribution in [0.15, 0.2) is 54.9 Å². The van der Waals surface area contributed by atoms with Gasteiger partial charge >= 0.3 is 12.0 Å². The summed E-state index contributed by atoms with van der Waals surface area (Å²) in [4.78, 5) is 64.5. The average molecular weight is 825 g/mol. The number of carboxylic acids is 1. The van der Waals surface area contributed by atoms with Gasteiger partial charge < -0.3 is 29.1 Å². The highest BCUT2D eigenvalue weighted by Crippen LogP contribution is 2.43. The van der Waals surface area contributed by atoms with Crippen molar-refractivity contribution in [2.75, 3.05) is 80.2 Å². The molecule has 15 nitrogen and oxygen atoms in total. The first-order valence-electron chi connectivity index (χ1n) is 19.0. The first kappa shape index (κ1) is 40.5. The van der Waals surface area contributed by atoms with Gasteiger partial charge in [0.1, 0.15) is 0 Å². The zero-order valence-electron chi connectivity index (χ0n) is 32.2. The summed E-state index contributed by atoms with van der Waals surface area (Å²) in [5.74, 6) is -0.619. The molecule has 5 saturated heterocycles. The van der Waals surface area contributed by atoms with Gasteiger partial charge in [-0.3, -0.25) is 24.8 Å². The minimum absolute atomic E-state index is 0.169. The number of hydrazine groups is 1. The van der Waals surface area contributed by atoms with Crippen molar-refractivity contribution in [2.24, 2.45) is 0 Å². The Hall–Kier alpha value is -4.67. The molecular formula is C40H47Cl2N7O8. The van der Waals surface area contributed by atoms with Crippen LogP contribution < -0.4 is 19.5 Å². The standard InChI is InChI=1S/C40H47Cl2N7O8/c1-55-31-21-26(22-32(56-2)33(31)57-3)35(50)47-16-9-39(25-47,27-6-7-29(41)30(42)23-27)8-13-45-14-10-40(11-15-45,28-5-4-12-43-24-28)37(53)44-38(54)49-34(36(51)52)46-17-19-48(49)20-18-46/h4-7,12,21-24,34H,8-11,13-20,25H2,1-3H3,(H,51,52)(H,44,53,54). The van der Waals surface area contributed by atoms with Gasteiger partial charge in [-0.1, -0.05) is 35.3 Å². The van der Waals surface area contributed by atoms with Crippen molar-refractivity contribution < 1.29 is 38.5 Å². The molecular weight excluding hydrogens is 777 g/mol. The largest absolute Gasteiger partial charge is 0.493 e. The predicted molar refractivity (Wildman–Crippen MR) is 211 cm³/mol. The van der Waals surface area contributed by atoms with E-state index < -0.39 is 34.9 Å². The summed E-state index contributed by atoms with van der Waals surface area (Å²) in [6.07, 6.45) is 4.30. The van der Waals surface area contributed by atoms with Crippen molar-refractivity contribution in [2.45, 2.75) is 42.7 Å². The van der Waals surface area contributed by atoms with Crippen LogP contribution in [-0.2, 0) is 20.4 Å². The van der Waals surface area contributed by atoms with Crippen LogP contribution in [0.1, 0.15) is 47.2 Å². The lowest BCUT2D eigenvalue weighted by atomic mass is 9.72. The minimum Gasteiger partial charge on any atom is -0.493 e. The number of hydrogen-bond donors (Lipinski definition) is 2. The molecule has 3 aromatic rings. The van der Waals surface area contributed by atoms with Crippen LogP contribution in [0, 0.1) is 0 Å². The van der Waals surface area contributed by atoms with Gasteiger partial charge in [-0.25, -0.2) is 19.6 Å². The SMILES string of the molecule is COc1cc(C(=O)N2CCC(CCN3CCC(C(=O)NC(=O)N4C(C(=O)O)N5CCN4CC5)(c4cccnc4)CC3)(c3ccc(Cl)c(Cl)c3)C2)cc(OC)c1OC. The number of carboxylic acid groups (broad SMARTS) is 1. The number of aromatic nitrogens is 1. The Morgan fingerprint density at radius 3 is 2.16 bits per heavy atom. The van der Waals surface area contributed by atoms with Crippen LogP contribution in [0.5, 0.6) is 17.2 Å². The number of nitrogens with one attached hydrogen (secondary N) is 1. The molecule has 2 aromatic carbocycles. The Balaban J connectivity index is 1.08. The minimum atomic E-state index is -1.18. The lowest BCUT2D eigenvalue weighted by Crippen LogP contribution is -2.74. The average Bonchev–Trinajstić information content (AvgIpc) is 3.69. The number of benzene rings is 2. The molecule has 2 atom stereocenters. The van der Waals surface area contributed by atoms with Gasteiger partial charge in [0.2, 0.25) is 17.8 Å². The molecule has 5 aliphatic heterocycles. The highest BCUT2D eigenvalue weighted by atomic mass is 35.5. The van der Waals surface area contributed by atoms with Crippen LogP contribution >= 0.6 is 23.2 Å². The summed E-state index contributed by atoms with van der Waals surface area (Å²) in [5, 5.41) is 16.3. The number of pyridine rings is 1. The molecule has 304 valence electrons. The predicted octanol–water partition coefficient (Wildman–Crippen LogP) is 4.12. The molecule has 8 rings (SSSR count). The second kappa shape index (κ2) is 16.7. The van der Waals surface area contributed by atoms with E-state index in [0.717, 1.165) is 5.56 Å². The van der Waals surface area contributed by atoms with Crippen molar-refractivity contribution in [3.63, 3.8) is 0 Å². The van der Waals surface area contributed by atoms with E-state index in [1.807, 2.05) is 23.1 Å². The van der Waals surface area contributed by atoms with E-state index in [0.29, 0.717) is 123 Å². The van der Waals surface area contributed by atoms with Crippen molar-refractivity contribution in [3.05, 3.63) is 81.6 Å². The summed E-state index contributed by atoms with van der Waals surface area (Å²) >= 11 is 12.9. The van der Waals surface area contributed by atoms with Gasteiger partial charge in [-0.15, -0.1) is 0 Å². The first-order valence-corrected chi connectivity index (χ1v) is 19.7. The molecule has 57 heavy (non-hydrogen) atoms. The third-order valence-corrected chi connectivity index (χ3v) is 12.9. The summed E-state index contributed by atoms with van der Waals surface area (Å²) in [5.41, 5.74) is 0.566. The van der Waals surface area contributed by atoms with Crippen LogP contribution in [-0.4, -0.2) is 145 Å². The number of fused-ring (bicyclic) bond motifs is 3. The number of aliphatic carboxylic acids is 1. The van der Waals surface area contributed by atoms with Gasteiger partial charge in [0.05, 0.1) is 36.8 Å². The molecule has 0 saturated carbocycles. The van der Waals surface area contributed by atoms with Gasteiger partial charge in [0.25, 0.3) is 5.91 Å². The van der Waals surface area contributed by atoms with E-state index in [9.17, 15) is 24.3 Å². The molecule has 4 amide bonds. The summed E-state index contributed by atoms with van der Waals surface area (Å²) < 4.78 is 16.5. The third-order valence-electron chi connectivity index (χ3n) is 12.2. The molecule has 2 bridgehead atoms. The molecule has 1 aromatic heterocycles. The monoisotopic (exact) mass is 823 g/mol. The van der Waals surface area contributed by atoms with Gasteiger partial charge in [-0.2, -0.15) is 0 Å². The quantitative estimate of drug-likeness (QED) is 0.286. The number of nitrogens with zero attached hydrogens (tertiary/aromatic N) is 6. The van der Waals surface area contributed by atoms with Crippen molar-refractivity contribution >= 4 is 47.0 Å². The molecule has 2 unspecified atom stereocenters. The smallest absolute Gasteiger partial charge is 0.343 e. The Morgan fingerprint density at radius 1 is 0.860 bits per heavy atom. The van der Waals surface area contributed by atoms with Gasteiger partial charge in [0.15, 0.2) is 11.5 Å². The molecule has 5 fully saturated rings. The van der Waals surface area contributed by atoms with Crippen LogP contribution in [0.4, 0.5) is 4.79 Å². The van der Waals surface area contributed by atoms with Crippen LogP contribution in [0.25, 0.3) is 0 Å². The molecule has 5 aliphatic rings. The van der Waals surface area contributed by atoms with Crippen molar-refractivity contribution in [1.29, 1.82) is 0 Å². The number of carbonyl (C=O) groups excluding carboxylic acids is 3. The molecule has 17 heteroatoms. The highest BCUT2D eigenvalue weighted by molar-refractivity contribution is 6.42. The molecule has 6 heterocycles. The highest BCUT2D eigenvalue weighted by Gasteiger charge is 2.49. The number of ether oxygens (including phenoxy) is 3. The van der Waals surface area contributed by atoms with E-state index in [1.165, 1.54) is 26.3 Å². The molecule has 0 radical (unpaired) electrons. The number of likely N-dealkylation sites (tertiary alicyclic amines) is 2. The van der Waals surface area contributed by atoms with E-state index in [-0.39, 0.29) is 5.91 Å². The van der Waals surface area contributed by atoms with Crippen LogP contribution in [0.2, 0.25) is 10.0 Å². The van der Waals surface area contributed by atoms with Gasteiger partial charge in [-0.05, 0) is 86.8 Å². The third kappa shape index (κ3) is 7.70. The summed E-state index contributed by atoms with van der Waals surface area (Å²) in [7, 11) is 4.53. The van der Waals surface area contributed by atoms with E-state index in [2.05, 4.69) is 15.2 Å². The number of piperidine rings is 1. The first-order chi connectivity index (χ1) is 27.4. The Kier molecular flexibility index (Phi) is 11.8. The Bertz CT molecular complexity index is 1980. The van der Waals surface area contributed by atoms with Crippen molar-refractivity contribution in [3.8, 4) is 17.2 Å². The fraction of sp³-hybridized carbons (Fsp3) is 0.475. The number of methoxy groups -OCH3 is 3. The van der Waals surface area contributed by atoms with E-state index >= 15 is 0 Å². The topological polar surface area (TPSA) is 157 Å². The zero-order valence-corrected chi connectivity index (χ0v) is 33.7. The Labute approximate surface area is 341 Å². The second-order valence-corrected chi connectivity index (χ2v) is 15.8. The fourth-order valence-corrected chi connectivity index (χ4v) is 9.22. The summed E-state index contributed by atoms with van der Waals surface area (Å²) in [6.45, 7) is 4.73. The number of imide groups is 1. The van der Waals surface area contributed by atoms with Crippen molar-refractivity contribution in [1.82, 2.24) is 35.0 Å². The normalized spacial score (nSPS) is 24.2. The number of halogens is 2. The Morgan fingerprint density at radius 2 is 1.56 bits per heavy atom. The van der Waals surface area contributed by atoms with E-state index in [1.54, 1.807) is 46.6 Å². The number of hydrogen-bond acceptors (Lipinski definition) is 11. The maximum absolute atomic E-state index is 14.3. The lowest BCUT2D eigenvalue weighted by Gasteiger charge is -2.52. The number of piperazine rings is 1. The summed E-state index contributed by atoms with van der Waals surface area (Å²) in [6, 6.07) is 11.8. The molecule has 2 N–H and O–H groups in total. The zero-order chi connectivity index (χ0) is 40.5.